The Kier molecular flexibility index (Phi) is 6.64. The highest BCUT2D eigenvalue weighted by Crippen LogP contribution is 2.20. The van der Waals surface area contributed by atoms with E-state index in [1.807, 2.05) is 12.1 Å². The molecule has 0 aliphatic carbocycles. The number of hydrogen-bond donors (Lipinski definition) is 0. The number of carbonyl (C=O) groups is 2. The second-order valence-electron chi connectivity index (χ2n) is 6.50. The zero-order valence-electron chi connectivity index (χ0n) is 15.6. The molecule has 25 heavy (non-hydrogen) atoms. The van der Waals surface area contributed by atoms with Gasteiger partial charge in [0, 0.05) is 53.0 Å². The summed E-state index contributed by atoms with van der Waals surface area (Å²) in [5.41, 5.74) is 1.17. The van der Waals surface area contributed by atoms with Crippen molar-refractivity contribution in [3.8, 4) is 5.75 Å². The molecule has 1 saturated heterocycles. The van der Waals surface area contributed by atoms with Gasteiger partial charge in [-0.25, -0.2) is 0 Å². The van der Waals surface area contributed by atoms with E-state index in [0.29, 0.717) is 6.54 Å². The minimum absolute atomic E-state index is 0.0203. The maximum atomic E-state index is 12.3. The third-order valence-corrected chi connectivity index (χ3v) is 4.47. The molecule has 0 atom stereocenters. The molecule has 2 amide bonds. The second kappa shape index (κ2) is 8.71. The van der Waals surface area contributed by atoms with Gasteiger partial charge in [-0.05, 0) is 24.3 Å². The Labute approximate surface area is 149 Å². The molecule has 1 aromatic rings. The summed E-state index contributed by atoms with van der Waals surface area (Å²) in [4.78, 5) is 31.4. The van der Waals surface area contributed by atoms with Crippen molar-refractivity contribution in [1.82, 2.24) is 14.7 Å². The number of nitrogens with zero attached hydrogens (tertiary/aromatic N) is 4. The molecule has 0 N–H and O–H groups in total. The van der Waals surface area contributed by atoms with Gasteiger partial charge in [0.25, 0.3) is 0 Å². The van der Waals surface area contributed by atoms with E-state index in [4.69, 9.17) is 4.74 Å². The number of likely N-dealkylation sites (N-methyl/N-ethyl adjacent to an activating group) is 2. The number of rotatable bonds is 6. The van der Waals surface area contributed by atoms with Crippen LogP contribution in [0, 0.1) is 0 Å². The largest absolute Gasteiger partial charge is 0.497 e. The van der Waals surface area contributed by atoms with E-state index in [1.165, 1.54) is 15.5 Å². The zero-order valence-corrected chi connectivity index (χ0v) is 15.6. The zero-order chi connectivity index (χ0) is 18.4. The SMILES string of the molecule is COc1ccc(N2CCN(CC(=O)N(C)CC(=O)N(C)C)CC2)cc1. The van der Waals surface area contributed by atoms with E-state index >= 15 is 0 Å². The van der Waals surface area contributed by atoms with E-state index < -0.39 is 0 Å². The minimum atomic E-state index is -0.0693. The first-order valence-electron chi connectivity index (χ1n) is 8.46. The molecule has 1 heterocycles. The summed E-state index contributed by atoms with van der Waals surface area (Å²) in [6, 6.07) is 8.03. The van der Waals surface area contributed by atoms with Crippen LogP contribution in [0.3, 0.4) is 0 Å². The molecule has 0 aromatic heterocycles. The molecule has 7 nitrogen and oxygen atoms in total. The lowest BCUT2D eigenvalue weighted by Crippen LogP contribution is -2.50. The third kappa shape index (κ3) is 5.35. The van der Waals surface area contributed by atoms with Gasteiger partial charge in [-0.15, -0.1) is 0 Å². The van der Waals surface area contributed by atoms with E-state index in [9.17, 15) is 9.59 Å². The lowest BCUT2D eigenvalue weighted by atomic mass is 10.2. The van der Waals surface area contributed by atoms with Crippen molar-refractivity contribution in [2.24, 2.45) is 0 Å². The van der Waals surface area contributed by atoms with Crippen molar-refractivity contribution < 1.29 is 14.3 Å². The topological polar surface area (TPSA) is 56.3 Å². The summed E-state index contributed by atoms with van der Waals surface area (Å²) in [5.74, 6) is 0.761. The number of hydrogen-bond acceptors (Lipinski definition) is 5. The molecule has 7 heteroatoms. The summed E-state index contributed by atoms with van der Waals surface area (Å²) in [6.07, 6.45) is 0. The van der Waals surface area contributed by atoms with Gasteiger partial charge in [-0.2, -0.15) is 0 Å². The van der Waals surface area contributed by atoms with Gasteiger partial charge >= 0.3 is 0 Å². The Morgan fingerprint density at radius 3 is 2.12 bits per heavy atom. The minimum Gasteiger partial charge on any atom is -0.497 e. The van der Waals surface area contributed by atoms with Crippen molar-refractivity contribution in [3.05, 3.63) is 24.3 Å². The van der Waals surface area contributed by atoms with E-state index in [1.54, 1.807) is 28.3 Å². The summed E-state index contributed by atoms with van der Waals surface area (Å²) in [5, 5.41) is 0. The summed E-state index contributed by atoms with van der Waals surface area (Å²) in [6.45, 7) is 3.88. The lowest BCUT2D eigenvalue weighted by molar-refractivity contribution is -0.138. The second-order valence-corrected chi connectivity index (χ2v) is 6.50. The van der Waals surface area contributed by atoms with E-state index in [0.717, 1.165) is 31.9 Å². The Morgan fingerprint density at radius 2 is 1.60 bits per heavy atom. The fraction of sp³-hybridized carbons (Fsp3) is 0.556. The highest BCUT2D eigenvalue weighted by Gasteiger charge is 2.21. The number of piperazine rings is 1. The number of amides is 2. The number of carbonyl (C=O) groups excluding carboxylic acids is 2. The number of ether oxygens (including phenoxy) is 1. The first kappa shape index (κ1) is 19.1. The van der Waals surface area contributed by atoms with E-state index in [-0.39, 0.29) is 18.4 Å². The average Bonchev–Trinajstić information content (AvgIpc) is 2.62. The Hall–Kier alpha value is -2.28. The molecule has 2 rings (SSSR count). The molecular formula is C18H28N4O3. The molecule has 0 radical (unpaired) electrons. The maximum Gasteiger partial charge on any atom is 0.241 e. The smallest absolute Gasteiger partial charge is 0.241 e. The highest BCUT2D eigenvalue weighted by molar-refractivity contribution is 5.85. The Bertz CT molecular complexity index is 580. The van der Waals surface area contributed by atoms with Crippen molar-refractivity contribution in [2.45, 2.75) is 0 Å². The highest BCUT2D eigenvalue weighted by atomic mass is 16.5. The van der Waals surface area contributed by atoms with Gasteiger partial charge < -0.3 is 19.4 Å². The molecule has 1 fully saturated rings. The van der Waals surface area contributed by atoms with Crippen LogP contribution in [0.15, 0.2) is 24.3 Å². The molecule has 1 aliphatic rings. The van der Waals surface area contributed by atoms with Crippen molar-refractivity contribution in [2.75, 3.05) is 72.4 Å². The monoisotopic (exact) mass is 348 g/mol. The van der Waals surface area contributed by atoms with Gasteiger partial charge in [-0.1, -0.05) is 0 Å². The Balaban J connectivity index is 1.79. The van der Waals surface area contributed by atoms with Gasteiger partial charge in [0.2, 0.25) is 11.8 Å². The lowest BCUT2D eigenvalue weighted by Gasteiger charge is -2.36. The molecule has 0 spiro atoms. The molecule has 138 valence electrons. The van der Waals surface area contributed by atoms with Crippen LogP contribution >= 0.6 is 0 Å². The van der Waals surface area contributed by atoms with Gasteiger partial charge in [0.1, 0.15) is 5.75 Å². The van der Waals surface area contributed by atoms with Gasteiger partial charge in [0.15, 0.2) is 0 Å². The predicted octanol–water partition coefficient (Wildman–Crippen LogP) is 0.364. The van der Waals surface area contributed by atoms with Crippen LogP contribution in [0.25, 0.3) is 0 Å². The summed E-state index contributed by atoms with van der Waals surface area (Å²) < 4.78 is 5.19. The summed E-state index contributed by atoms with van der Waals surface area (Å²) >= 11 is 0. The van der Waals surface area contributed by atoms with Crippen LogP contribution in [0.2, 0.25) is 0 Å². The standard InChI is InChI=1S/C18H28N4O3/c1-19(2)17(23)13-20(3)18(24)14-21-9-11-22(12-10-21)15-5-7-16(25-4)8-6-15/h5-8H,9-14H2,1-4H3. The average molecular weight is 348 g/mol. The molecular weight excluding hydrogens is 320 g/mol. The summed E-state index contributed by atoms with van der Waals surface area (Å²) in [7, 11) is 6.73. The maximum absolute atomic E-state index is 12.3. The molecule has 0 bridgehead atoms. The third-order valence-electron chi connectivity index (χ3n) is 4.47. The predicted molar refractivity (Wildman–Crippen MR) is 98.0 cm³/mol. The van der Waals surface area contributed by atoms with Gasteiger partial charge in [0.05, 0.1) is 20.2 Å². The molecule has 0 saturated carbocycles. The van der Waals surface area contributed by atoms with Crippen molar-refractivity contribution in [1.29, 1.82) is 0 Å². The fourth-order valence-corrected chi connectivity index (χ4v) is 2.70. The van der Waals surface area contributed by atoms with Crippen molar-refractivity contribution in [3.63, 3.8) is 0 Å². The van der Waals surface area contributed by atoms with E-state index in [2.05, 4.69) is 21.9 Å². The fourth-order valence-electron chi connectivity index (χ4n) is 2.70. The Morgan fingerprint density at radius 1 is 1.00 bits per heavy atom. The first-order chi connectivity index (χ1) is 11.9. The van der Waals surface area contributed by atoms with Crippen molar-refractivity contribution >= 4 is 17.5 Å². The molecule has 0 unspecified atom stereocenters. The number of methoxy groups -OCH3 is 1. The number of benzene rings is 1. The van der Waals surface area contributed by atoms with Gasteiger partial charge in [-0.3, -0.25) is 14.5 Å². The van der Waals surface area contributed by atoms with Crippen LogP contribution < -0.4 is 9.64 Å². The first-order valence-corrected chi connectivity index (χ1v) is 8.46. The van der Waals surface area contributed by atoms with Crippen LogP contribution in [0.1, 0.15) is 0 Å². The van der Waals surface area contributed by atoms with Crippen LogP contribution in [0.4, 0.5) is 5.69 Å². The van der Waals surface area contributed by atoms with Crippen LogP contribution in [-0.2, 0) is 9.59 Å². The molecule has 1 aromatic carbocycles. The van der Waals surface area contributed by atoms with Crippen LogP contribution in [-0.4, -0.2) is 94.0 Å². The number of anilines is 1. The quantitative estimate of drug-likeness (QED) is 0.743. The normalized spacial score (nSPS) is 15.0. The van der Waals surface area contributed by atoms with Crippen LogP contribution in [0.5, 0.6) is 5.75 Å². The molecule has 1 aliphatic heterocycles.